The summed E-state index contributed by atoms with van der Waals surface area (Å²) in [5.74, 6) is -5.39. The Morgan fingerprint density at radius 2 is 1.88 bits per heavy atom. The van der Waals surface area contributed by atoms with Crippen molar-refractivity contribution < 1.29 is 52.3 Å². The van der Waals surface area contributed by atoms with Gasteiger partial charge in [-0.15, -0.1) is 0 Å². The lowest BCUT2D eigenvalue weighted by atomic mass is 9.34. The van der Waals surface area contributed by atoms with Gasteiger partial charge in [0, 0.05) is 41.8 Å². The summed E-state index contributed by atoms with van der Waals surface area (Å²) in [6, 6.07) is 1.83. The number of carbonyl (C=O) groups excluding carboxylic acids is 3. The van der Waals surface area contributed by atoms with Crippen molar-refractivity contribution in [2.75, 3.05) is 14.2 Å². The van der Waals surface area contributed by atoms with Gasteiger partial charge >= 0.3 is 17.9 Å². The van der Waals surface area contributed by atoms with Gasteiger partial charge in [0.05, 0.1) is 49.4 Å². The van der Waals surface area contributed by atoms with Crippen molar-refractivity contribution in [2.45, 2.75) is 96.3 Å². The largest absolute Gasteiger partial charge is 0.472 e. The Balaban J connectivity index is 1.41. The van der Waals surface area contributed by atoms with E-state index in [4.69, 9.17) is 32.8 Å². The van der Waals surface area contributed by atoms with Crippen molar-refractivity contribution in [1.29, 1.82) is 0 Å². The number of rotatable bonds is 6. The van der Waals surface area contributed by atoms with Crippen LogP contribution in [0.4, 0.5) is 0 Å². The Bertz CT molecular complexity index is 1340. The molecule has 13 atom stereocenters. The molecule has 3 aliphatic carbocycles. The third kappa shape index (κ3) is 3.32. The predicted octanol–water partition coefficient (Wildman–Crippen LogP) is 3.53. The summed E-state index contributed by atoms with van der Waals surface area (Å²) in [7, 11) is 2.83. The molecule has 8 rings (SSSR count). The van der Waals surface area contributed by atoms with Crippen LogP contribution < -0.4 is 0 Å². The van der Waals surface area contributed by atoms with Gasteiger partial charge < -0.3 is 37.9 Å². The van der Waals surface area contributed by atoms with Gasteiger partial charge in [-0.2, -0.15) is 0 Å². The summed E-state index contributed by atoms with van der Waals surface area (Å²) in [5, 5.41) is 12.9. The van der Waals surface area contributed by atoms with Crippen molar-refractivity contribution in [3.8, 4) is 0 Å². The Hall–Kier alpha value is -2.47. The minimum atomic E-state index is -1.85. The van der Waals surface area contributed by atoms with E-state index in [2.05, 4.69) is 6.92 Å². The number of furan rings is 1. The molecule has 4 bridgehead atoms. The quantitative estimate of drug-likeness (QED) is 0.290. The van der Waals surface area contributed by atoms with Crippen molar-refractivity contribution in [1.82, 2.24) is 0 Å². The van der Waals surface area contributed by atoms with E-state index < -0.39 is 81.9 Å². The number of epoxide rings is 1. The second kappa shape index (κ2) is 9.05. The van der Waals surface area contributed by atoms with E-state index in [1.165, 1.54) is 14.2 Å². The average Bonchev–Trinajstić information content (AvgIpc) is 3.41. The maximum Gasteiger partial charge on any atom is 0.308 e. The van der Waals surface area contributed by atoms with Crippen LogP contribution in [-0.2, 0) is 42.8 Å². The summed E-state index contributed by atoms with van der Waals surface area (Å²) >= 11 is 0. The van der Waals surface area contributed by atoms with Gasteiger partial charge in [0.2, 0.25) is 0 Å². The van der Waals surface area contributed by atoms with Crippen molar-refractivity contribution >= 4 is 17.9 Å². The molecule has 7 aliphatic rings. The first-order valence-corrected chi connectivity index (χ1v) is 15.3. The van der Waals surface area contributed by atoms with Crippen molar-refractivity contribution in [2.24, 2.45) is 45.8 Å². The van der Waals surface area contributed by atoms with E-state index >= 15 is 0 Å². The molecule has 236 valence electrons. The molecule has 0 radical (unpaired) electrons. The minimum Gasteiger partial charge on any atom is -0.472 e. The first-order valence-electron chi connectivity index (χ1n) is 15.3. The lowest BCUT2D eigenvalue weighted by Gasteiger charge is -2.75. The molecule has 11 nitrogen and oxygen atoms in total. The lowest BCUT2D eigenvalue weighted by molar-refractivity contribution is -0.497. The average molecular weight is 603 g/mol. The monoisotopic (exact) mass is 602 g/mol. The second-order valence-corrected chi connectivity index (χ2v) is 14.6. The van der Waals surface area contributed by atoms with Crippen LogP contribution in [0.5, 0.6) is 0 Å². The number of carbonyl (C=O) groups is 3. The summed E-state index contributed by atoms with van der Waals surface area (Å²) in [5.41, 5.74) is -2.60. The third-order valence-corrected chi connectivity index (χ3v) is 12.6. The Morgan fingerprint density at radius 1 is 1.14 bits per heavy atom. The molecular weight excluding hydrogens is 560 g/mol. The van der Waals surface area contributed by atoms with Gasteiger partial charge in [0.15, 0.2) is 12.1 Å². The number of fused-ring (bicyclic) bond motifs is 2. The van der Waals surface area contributed by atoms with Crippen LogP contribution in [0.1, 0.15) is 72.0 Å². The first kappa shape index (κ1) is 29.3. The molecule has 1 aromatic heterocycles. The van der Waals surface area contributed by atoms with Crippen LogP contribution in [0.2, 0.25) is 0 Å². The van der Waals surface area contributed by atoms with Crippen LogP contribution in [0.3, 0.4) is 0 Å². The molecule has 1 aromatic rings. The molecule has 4 aliphatic heterocycles. The van der Waals surface area contributed by atoms with Crippen LogP contribution >= 0.6 is 0 Å². The van der Waals surface area contributed by atoms with Crippen LogP contribution in [0, 0.1) is 45.8 Å². The van der Waals surface area contributed by atoms with Crippen LogP contribution in [0.25, 0.3) is 0 Å². The summed E-state index contributed by atoms with van der Waals surface area (Å²) < 4.78 is 42.1. The summed E-state index contributed by atoms with van der Waals surface area (Å²) in [6.45, 7) is 9.54. The van der Waals surface area contributed by atoms with Crippen LogP contribution in [0.15, 0.2) is 23.0 Å². The molecule has 1 unspecified atom stereocenters. The number of hydrogen-bond acceptors (Lipinski definition) is 11. The van der Waals surface area contributed by atoms with E-state index in [0.29, 0.717) is 12.8 Å². The maximum absolute atomic E-state index is 13.3. The summed E-state index contributed by atoms with van der Waals surface area (Å²) in [6.07, 6.45) is 1.66. The highest BCUT2D eigenvalue weighted by molar-refractivity contribution is 5.73. The zero-order valence-corrected chi connectivity index (χ0v) is 25.8. The summed E-state index contributed by atoms with van der Waals surface area (Å²) in [4.78, 5) is 39.6. The number of hydrogen-bond donors (Lipinski definition) is 1. The molecule has 3 saturated carbocycles. The van der Waals surface area contributed by atoms with E-state index in [0.717, 1.165) is 5.56 Å². The van der Waals surface area contributed by atoms with Gasteiger partial charge in [0.25, 0.3) is 0 Å². The Morgan fingerprint density at radius 3 is 2.51 bits per heavy atom. The van der Waals surface area contributed by atoms with Crippen molar-refractivity contribution in [3.05, 3.63) is 24.2 Å². The lowest BCUT2D eigenvalue weighted by Crippen LogP contribution is -2.85. The molecule has 5 heterocycles. The predicted molar refractivity (Wildman–Crippen MR) is 145 cm³/mol. The number of aliphatic hydroxyl groups is 1. The molecule has 1 spiro atoms. The number of methoxy groups -OCH3 is 2. The molecule has 11 heteroatoms. The normalized spacial score (nSPS) is 50.7. The highest BCUT2D eigenvalue weighted by Crippen LogP contribution is 2.83. The maximum atomic E-state index is 13.3. The zero-order valence-electron chi connectivity index (χ0n) is 25.8. The molecule has 0 amide bonds. The van der Waals surface area contributed by atoms with Gasteiger partial charge in [-0.05, 0) is 24.8 Å². The van der Waals surface area contributed by atoms with Gasteiger partial charge in [-0.3, -0.25) is 14.4 Å². The number of cyclic esters (lactones) is 1. The van der Waals surface area contributed by atoms with E-state index in [-0.39, 0.29) is 30.6 Å². The molecular formula is C32H42O11. The number of ether oxygens (including phenoxy) is 6. The van der Waals surface area contributed by atoms with Gasteiger partial charge in [-0.25, -0.2) is 0 Å². The highest BCUT2D eigenvalue weighted by Gasteiger charge is 2.93. The SMILES string of the molecule is COC(=O)C[C@H]1[C@]2(C)[C@@H](OC)O[C@]3(O)C([C@H]2OC(=O)C(C)C)[C@H]2O[C@]24[C@@H]2CC(=O)O[C@@H](c5ccoc5)[C@]2(C)CC[C@@H]4[C@]13C. The van der Waals surface area contributed by atoms with Crippen molar-refractivity contribution in [3.63, 3.8) is 0 Å². The minimum absolute atomic E-state index is 0.0453. The topological polar surface area (TPSA) is 143 Å². The molecule has 1 N–H and O–H groups in total. The fourth-order valence-electron chi connectivity index (χ4n) is 10.7. The molecule has 0 aromatic carbocycles. The van der Waals surface area contributed by atoms with Crippen LogP contribution in [-0.4, -0.2) is 67.1 Å². The molecule has 4 saturated heterocycles. The highest BCUT2D eigenvalue weighted by atomic mass is 16.8. The second-order valence-electron chi connectivity index (χ2n) is 14.6. The molecule has 7 fully saturated rings. The Kier molecular flexibility index (Phi) is 6.16. The first-order chi connectivity index (χ1) is 20.2. The fraction of sp³-hybridized carbons (Fsp3) is 0.781. The van der Waals surface area contributed by atoms with Gasteiger partial charge in [-0.1, -0.05) is 34.6 Å². The van der Waals surface area contributed by atoms with E-state index in [1.54, 1.807) is 26.4 Å². The third-order valence-electron chi connectivity index (χ3n) is 12.6. The number of esters is 3. The standard InChI is InChI=1S/C32H42O11/c1-15(2)26(35)41-24-22-25-31(42-25)17(8-10-28(3)18(31)12-21(34)40-23(28)16-9-11-39-14-16)30(5)19(13-20(33)37-6)29(24,4)27(38-7)43-32(22,30)36/h9,11,14-15,17-19,22-25,27,36H,8,10,12-13H2,1-7H3/t17-,18-,19+,22?,23+,24-,25-,27+,28-,29+,30-,31-,32-/m1/s1. The van der Waals surface area contributed by atoms with E-state index in [9.17, 15) is 19.5 Å². The smallest absolute Gasteiger partial charge is 0.308 e. The zero-order chi connectivity index (χ0) is 30.9. The van der Waals surface area contributed by atoms with E-state index in [1.807, 2.05) is 19.9 Å². The molecule has 43 heavy (non-hydrogen) atoms. The Labute approximate surface area is 250 Å². The van der Waals surface area contributed by atoms with Gasteiger partial charge in [0.1, 0.15) is 17.8 Å². The fourth-order valence-corrected chi connectivity index (χ4v) is 10.7.